The Labute approximate surface area is 236 Å². The lowest BCUT2D eigenvalue weighted by Crippen LogP contribution is -2.45. The fraction of sp³-hybridized carbons (Fsp3) is 0.636. The van der Waals surface area contributed by atoms with Gasteiger partial charge in [0.25, 0.3) is 0 Å². The van der Waals surface area contributed by atoms with Gasteiger partial charge in [0, 0.05) is 44.5 Å². The summed E-state index contributed by atoms with van der Waals surface area (Å²) < 4.78 is 0. The van der Waals surface area contributed by atoms with Crippen molar-refractivity contribution >= 4 is 11.5 Å². The number of hydrogen-bond acceptors (Lipinski definition) is 6. The maximum Gasteiger partial charge on any atom is 0.223 e. The van der Waals surface area contributed by atoms with Gasteiger partial charge in [-0.15, -0.1) is 0 Å². The van der Waals surface area contributed by atoms with Crippen LogP contribution in [0.15, 0.2) is 48.2 Å². The Morgan fingerprint density at radius 3 is 2.56 bits per heavy atom. The Kier molecular flexibility index (Phi) is 10.4. The number of nitrogens with zero attached hydrogens (tertiary/aromatic N) is 3. The second-order valence-corrected chi connectivity index (χ2v) is 11.9. The molecule has 0 radical (unpaired) electrons. The number of rotatable bonds is 10. The normalized spacial score (nSPS) is 25.4. The summed E-state index contributed by atoms with van der Waals surface area (Å²) in [5, 5.41) is 11.3. The van der Waals surface area contributed by atoms with Crippen molar-refractivity contribution in [1.29, 1.82) is 0 Å². The molecule has 2 fully saturated rings. The molecular weight excluding hydrogens is 480 g/mol. The third kappa shape index (κ3) is 7.47. The molecule has 3 N–H and O–H groups in total. The van der Waals surface area contributed by atoms with E-state index in [0.717, 1.165) is 44.1 Å². The van der Waals surface area contributed by atoms with Crippen LogP contribution in [0.5, 0.6) is 0 Å². The van der Waals surface area contributed by atoms with E-state index in [2.05, 4.69) is 76.1 Å². The van der Waals surface area contributed by atoms with Crippen molar-refractivity contribution in [3.63, 3.8) is 0 Å². The first-order valence-electron chi connectivity index (χ1n) is 15.7. The van der Waals surface area contributed by atoms with E-state index in [9.17, 15) is 0 Å². The van der Waals surface area contributed by atoms with Crippen LogP contribution in [0.2, 0.25) is 0 Å². The molecule has 3 aliphatic rings. The molecule has 212 valence electrons. The smallest absolute Gasteiger partial charge is 0.223 e. The first kappa shape index (κ1) is 28.3. The van der Waals surface area contributed by atoms with Crippen LogP contribution in [0.4, 0.5) is 5.95 Å². The molecular formula is C33H50N6. The first-order chi connectivity index (χ1) is 19.2. The summed E-state index contributed by atoms with van der Waals surface area (Å²) in [6.45, 7) is 11.5. The van der Waals surface area contributed by atoms with Gasteiger partial charge in [-0.25, -0.2) is 9.97 Å². The zero-order valence-corrected chi connectivity index (χ0v) is 24.3. The SMILES string of the molecule is CCC1C(NCCCN2CCNCC2)C(c2ccnc(NC3CCCCC3)n2)=C(C)CC[C@H]1c1ccccc1. The molecule has 3 atom stereocenters. The molecule has 2 aromatic rings. The largest absolute Gasteiger partial charge is 0.351 e. The van der Waals surface area contributed by atoms with Crippen LogP contribution in [-0.2, 0) is 0 Å². The summed E-state index contributed by atoms with van der Waals surface area (Å²) in [6.07, 6.45) is 13.0. The van der Waals surface area contributed by atoms with Crippen LogP contribution in [-0.4, -0.2) is 66.2 Å². The molecule has 6 nitrogen and oxygen atoms in total. The van der Waals surface area contributed by atoms with Gasteiger partial charge in [-0.3, -0.25) is 0 Å². The van der Waals surface area contributed by atoms with Crippen molar-refractivity contribution in [3.05, 3.63) is 59.4 Å². The summed E-state index contributed by atoms with van der Waals surface area (Å²) in [4.78, 5) is 12.4. The average Bonchev–Trinajstić information content (AvgIpc) is 3.12. The van der Waals surface area contributed by atoms with E-state index < -0.39 is 0 Å². The average molecular weight is 531 g/mol. The molecule has 1 aliphatic heterocycles. The maximum atomic E-state index is 5.17. The predicted octanol–water partition coefficient (Wildman–Crippen LogP) is 5.85. The summed E-state index contributed by atoms with van der Waals surface area (Å²) in [5.74, 6) is 1.86. The second-order valence-electron chi connectivity index (χ2n) is 11.9. The monoisotopic (exact) mass is 530 g/mol. The number of anilines is 1. The van der Waals surface area contributed by atoms with E-state index in [4.69, 9.17) is 4.98 Å². The maximum absolute atomic E-state index is 5.17. The zero-order chi connectivity index (χ0) is 26.9. The highest BCUT2D eigenvalue weighted by molar-refractivity contribution is 5.71. The quantitative estimate of drug-likeness (QED) is 0.335. The molecule has 2 aliphatic carbocycles. The molecule has 39 heavy (non-hydrogen) atoms. The third-order valence-electron chi connectivity index (χ3n) is 9.34. The van der Waals surface area contributed by atoms with Crippen molar-refractivity contribution in [2.24, 2.45) is 5.92 Å². The minimum atomic E-state index is 0.281. The van der Waals surface area contributed by atoms with E-state index in [-0.39, 0.29) is 6.04 Å². The molecule has 6 heteroatoms. The lowest BCUT2D eigenvalue weighted by atomic mass is 9.76. The molecule has 1 aromatic carbocycles. The molecule has 0 amide bonds. The number of piperazine rings is 1. The van der Waals surface area contributed by atoms with Crippen LogP contribution < -0.4 is 16.0 Å². The van der Waals surface area contributed by atoms with Crippen molar-refractivity contribution < 1.29 is 0 Å². The lowest BCUT2D eigenvalue weighted by molar-refractivity contribution is 0.235. The minimum absolute atomic E-state index is 0.281. The first-order valence-corrected chi connectivity index (χ1v) is 15.7. The highest BCUT2D eigenvalue weighted by atomic mass is 15.2. The van der Waals surface area contributed by atoms with E-state index in [0.29, 0.717) is 17.9 Å². The number of allylic oxidation sites excluding steroid dienone is 1. The second kappa shape index (κ2) is 14.4. The van der Waals surface area contributed by atoms with Gasteiger partial charge < -0.3 is 20.9 Å². The third-order valence-corrected chi connectivity index (χ3v) is 9.34. The van der Waals surface area contributed by atoms with Gasteiger partial charge in [0.2, 0.25) is 5.95 Å². The van der Waals surface area contributed by atoms with Crippen molar-refractivity contribution in [3.8, 4) is 0 Å². The highest BCUT2D eigenvalue weighted by Crippen LogP contribution is 2.43. The minimum Gasteiger partial charge on any atom is -0.351 e. The van der Waals surface area contributed by atoms with Gasteiger partial charge in [-0.1, -0.05) is 68.5 Å². The van der Waals surface area contributed by atoms with Gasteiger partial charge in [0.05, 0.1) is 5.69 Å². The van der Waals surface area contributed by atoms with Gasteiger partial charge >= 0.3 is 0 Å². The van der Waals surface area contributed by atoms with Crippen molar-refractivity contribution in [2.75, 3.05) is 44.6 Å². The van der Waals surface area contributed by atoms with E-state index >= 15 is 0 Å². The highest BCUT2D eigenvalue weighted by Gasteiger charge is 2.36. The van der Waals surface area contributed by atoms with E-state index in [1.54, 1.807) is 0 Å². The Hall–Kier alpha value is -2.28. The van der Waals surface area contributed by atoms with E-state index in [1.807, 2.05) is 6.20 Å². The van der Waals surface area contributed by atoms with Crippen LogP contribution >= 0.6 is 0 Å². The molecule has 0 spiro atoms. The lowest BCUT2D eigenvalue weighted by Gasteiger charge is -2.34. The van der Waals surface area contributed by atoms with Crippen LogP contribution in [0, 0.1) is 5.92 Å². The number of nitrogens with one attached hydrogen (secondary N) is 3. The molecule has 0 bridgehead atoms. The number of benzene rings is 1. The van der Waals surface area contributed by atoms with Crippen LogP contribution in [0.25, 0.3) is 5.57 Å². The molecule has 1 aromatic heterocycles. The fourth-order valence-corrected chi connectivity index (χ4v) is 7.20. The van der Waals surface area contributed by atoms with E-state index in [1.165, 1.54) is 81.3 Å². The van der Waals surface area contributed by atoms with Gasteiger partial charge in [-0.2, -0.15) is 0 Å². The zero-order valence-electron chi connectivity index (χ0n) is 24.3. The number of hydrogen-bond donors (Lipinski definition) is 3. The predicted molar refractivity (Wildman–Crippen MR) is 163 cm³/mol. The van der Waals surface area contributed by atoms with Crippen LogP contribution in [0.1, 0.15) is 88.8 Å². The standard InChI is InChI=1S/C33H50N6/c1-3-28-29(26-11-6-4-7-12-26)16-15-25(2)31(32(28)35-18-10-22-39-23-20-34-21-24-39)30-17-19-36-33(38-30)37-27-13-8-5-9-14-27/h4,6-7,11-12,17,19,27-29,32,34-35H,3,5,8-10,13-16,18,20-24H2,1-2H3,(H,36,37,38)/t28?,29-,32?/m0/s1. The Balaban J connectivity index is 1.39. The Morgan fingerprint density at radius 1 is 1.00 bits per heavy atom. The molecule has 1 saturated carbocycles. The van der Waals surface area contributed by atoms with Crippen molar-refractivity contribution in [2.45, 2.75) is 89.6 Å². The molecule has 1 saturated heterocycles. The fourth-order valence-electron chi connectivity index (χ4n) is 7.20. The van der Waals surface area contributed by atoms with Crippen LogP contribution in [0.3, 0.4) is 0 Å². The Morgan fingerprint density at radius 2 is 1.79 bits per heavy atom. The summed E-state index contributed by atoms with van der Waals surface area (Å²) in [5.41, 5.74) is 5.48. The summed E-state index contributed by atoms with van der Waals surface area (Å²) in [6, 6.07) is 14.2. The molecule has 2 unspecified atom stereocenters. The molecule has 5 rings (SSSR count). The summed E-state index contributed by atoms with van der Waals surface area (Å²) in [7, 11) is 0. The topological polar surface area (TPSA) is 65.1 Å². The van der Waals surface area contributed by atoms with Gasteiger partial charge in [0.1, 0.15) is 0 Å². The molecule has 2 heterocycles. The van der Waals surface area contributed by atoms with Gasteiger partial charge in [0.15, 0.2) is 0 Å². The van der Waals surface area contributed by atoms with Crippen molar-refractivity contribution in [1.82, 2.24) is 25.5 Å². The number of aromatic nitrogens is 2. The van der Waals surface area contributed by atoms with Gasteiger partial charge in [-0.05, 0) is 81.2 Å². The Bertz CT molecular complexity index is 1040. The summed E-state index contributed by atoms with van der Waals surface area (Å²) >= 11 is 0.